The second-order valence-electron chi connectivity index (χ2n) is 5.51. The highest BCUT2D eigenvalue weighted by molar-refractivity contribution is 5.88. The first-order valence-electron chi connectivity index (χ1n) is 7.13. The van der Waals surface area contributed by atoms with E-state index in [9.17, 15) is 35.9 Å². The molecule has 10 heteroatoms. The molecule has 0 aliphatic rings. The maximum absolute atomic E-state index is 13.9. The minimum Gasteiger partial charge on any atom is -0.478 e. The maximum Gasteiger partial charge on any atom is 0.411 e. The van der Waals surface area contributed by atoms with Crippen LogP contribution in [0.15, 0.2) is 48.5 Å². The first-order chi connectivity index (χ1) is 12.3. The van der Waals surface area contributed by atoms with Crippen LogP contribution in [0.25, 0.3) is 0 Å². The highest BCUT2D eigenvalue weighted by atomic mass is 19.4. The molecule has 0 saturated carbocycles. The fourth-order valence-corrected chi connectivity index (χ4v) is 2.73. The zero-order chi connectivity index (χ0) is 20.6. The molecule has 2 N–H and O–H groups in total. The largest absolute Gasteiger partial charge is 0.478 e. The van der Waals surface area contributed by atoms with E-state index in [2.05, 4.69) is 0 Å². The summed E-state index contributed by atoms with van der Waals surface area (Å²) in [6, 6.07) is 4.52. The van der Waals surface area contributed by atoms with Crippen molar-refractivity contribution < 1.29 is 46.1 Å². The van der Waals surface area contributed by atoms with E-state index in [0.29, 0.717) is 36.4 Å². The zero-order valence-corrected chi connectivity index (χ0v) is 13.1. The summed E-state index contributed by atoms with van der Waals surface area (Å²) >= 11 is 0. The molecule has 4 nitrogen and oxygen atoms in total. The van der Waals surface area contributed by atoms with Gasteiger partial charge in [-0.2, -0.15) is 26.3 Å². The Hall–Kier alpha value is -3.04. The molecule has 144 valence electrons. The van der Waals surface area contributed by atoms with Gasteiger partial charge in [0, 0.05) is 0 Å². The summed E-state index contributed by atoms with van der Waals surface area (Å²) in [6.45, 7) is 0. The fourth-order valence-electron chi connectivity index (χ4n) is 2.73. The number of carboxylic acid groups (broad SMARTS) is 2. The lowest BCUT2D eigenvalue weighted by Gasteiger charge is -2.38. The van der Waals surface area contributed by atoms with Crippen molar-refractivity contribution in [3.05, 3.63) is 70.8 Å². The Kier molecular flexibility index (Phi) is 4.96. The first-order valence-corrected chi connectivity index (χ1v) is 7.13. The van der Waals surface area contributed by atoms with Crippen molar-refractivity contribution in [3.8, 4) is 0 Å². The van der Waals surface area contributed by atoms with E-state index in [0.717, 1.165) is 12.1 Å². The van der Waals surface area contributed by atoms with Crippen LogP contribution in [0.3, 0.4) is 0 Å². The van der Waals surface area contributed by atoms with Gasteiger partial charge in [0.1, 0.15) is 0 Å². The van der Waals surface area contributed by atoms with Gasteiger partial charge in [-0.25, -0.2) is 9.59 Å². The van der Waals surface area contributed by atoms with E-state index in [4.69, 9.17) is 10.2 Å². The van der Waals surface area contributed by atoms with Gasteiger partial charge < -0.3 is 10.2 Å². The highest BCUT2D eigenvalue weighted by Gasteiger charge is 2.72. The van der Waals surface area contributed by atoms with Crippen LogP contribution in [0, 0.1) is 0 Å². The molecule has 0 heterocycles. The summed E-state index contributed by atoms with van der Waals surface area (Å²) in [5.74, 6) is -3.23. The Morgan fingerprint density at radius 3 is 1.56 bits per heavy atom. The quantitative estimate of drug-likeness (QED) is 0.752. The number of halogens is 6. The lowest BCUT2D eigenvalue weighted by atomic mass is 9.72. The molecule has 0 saturated heterocycles. The Labute approximate surface area is 147 Å². The molecule has 0 aliphatic carbocycles. The first kappa shape index (κ1) is 20.3. The van der Waals surface area contributed by atoms with E-state index in [-0.39, 0.29) is 0 Å². The van der Waals surface area contributed by atoms with Crippen LogP contribution < -0.4 is 0 Å². The standard InChI is InChI=1S/C17H10F6O4/c18-16(19,20)15(17(21,22)23,11-6-4-9(5-7-11)13(24)25)12-3-1-2-10(8-12)14(26)27/h1-8H,(H,24,25)(H,26,27). The minimum atomic E-state index is -5.90. The third-order valence-electron chi connectivity index (χ3n) is 3.96. The number of benzene rings is 2. The van der Waals surface area contributed by atoms with Crippen LogP contribution in [0.5, 0.6) is 0 Å². The smallest absolute Gasteiger partial charge is 0.411 e. The third-order valence-corrected chi connectivity index (χ3v) is 3.96. The van der Waals surface area contributed by atoms with Gasteiger partial charge in [-0.1, -0.05) is 24.3 Å². The second-order valence-corrected chi connectivity index (χ2v) is 5.51. The molecule has 0 radical (unpaired) electrons. The molecule has 0 spiro atoms. The van der Waals surface area contributed by atoms with Crippen molar-refractivity contribution in [1.82, 2.24) is 0 Å². The Morgan fingerprint density at radius 1 is 0.667 bits per heavy atom. The molecular weight excluding hydrogens is 382 g/mol. The molecule has 2 aromatic rings. The van der Waals surface area contributed by atoms with Gasteiger partial charge >= 0.3 is 24.3 Å². The van der Waals surface area contributed by atoms with E-state index in [1.165, 1.54) is 0 Å². The zero-order valence-electron chi connectivity index (χ0n) is 13.1. The van der Waals surface area contributed by atoms with Gasteiger partial charge in [-0.05, 0) is 35.4 Å². The van der Waals surface area contributed by atoms with E-state index >= 15 is 0 Å². The van der Waals surface area contributed by atoms with Crippen molar-refractivity contribution >= 4 is 11.9 Å². The molecule has 2 rings (SSSR count). The molecule has 0 aliphatic heterocycles. The van der Waals surface area contributed by atoms with Crippen LogP contribution in [0.4, 0.5) is 26.3 Å². The summed E-state index contributed by atoms with van der Waals surface area (Å²) in [5, 5.41) is 17.7. The third kappa shape index (κ3) is 3.34. The van der Waals surface area contributed by atoms with Crippen LogP contribution >= 0.6 is 0 Å². The van der Waals surface area contributed by atoms with E-state index in [1.54, 1.807) is 0 Å². The maximum atomic E-state index is 13.9. The number of carboxylic acids is 2. The highest BCUT2D eigenvalue weighted by Crippen LogP contribution is 2.56. The second kappa shape index (κ2) is 6.60. The number of carbonyl (C=O) groups is 2. The van der Waals surface area contributed by atoms with Crippen LogP contribution in [0.2, 0.25) is 0 Å². The van der Waals surface area contributed by atoms with E-state index < -0.39 is 52.0 Å². The number of rotatable bonds is 4. The predicted molar refractivity (Wildman–Crippen MR) is 79.7 cm³/mol. The van der Waals surface area contributed by atoms with Crippen LogP contribution in [-0.2, 0) is 5.41 Å². The lowest BCUT2D eigenvalue weighted by molar-refractivity contribution is -0.288. The summed E-state index contributed by atoms with van der Waals surface area (Å²) in [7, 11) is 0. The summed E-state index contributed by atoms with van der Waals surface area (Å²) in [6.07, 6.45) is -11.8. The number of hydrogen-bond donors (Lipinski definition) is 2. The summed E-state index contributed by atoms with van der Waals surface area (Å²) in [4.78, 5) is 21.8. The molecule has 0 unspecified atom stereocenters. The summed E-state index contributed by atoms with van der Waals surface area (Å²) < 4.78 is 83.1. The average Bonchev–Trinajstić information content (AvgIpc) is 2.53. The van der Waals surface area contributed by atoms with Crippen molar-refractivity contribution in [3.63, 3.8) is 0 Å². The number of aromatic carboxylic acids is 2. The van der Waals surface area contributed by atoms with Crippen molar-refractivity contribution in [2.75, 3.05) is 0 Å². The molecular formula is C17H10F6O4. The number of hydrogen-bond acceptors (Lipinski definition) is 2. The summed E-state index contributed by atoms with van der Waals surface area (Å²) in [5.41, 5.74) is -8.42. The lowest BCUT2D eigenvalue weighted by Crippen LogP contribution is -2.54. The van der Waals surface area contributed by atoms with Crippen LogP contribution in [0.1, 0.15) is 31.8 Å². The molecule has 0 bridgehead atoms. The Morgan fingerprint density at radius 2 is 1.15 bits per heavy atom. The van der Waals surface area contributed by atoms with Crippen molar-refractivity contribution in [2.24, 2.45) is 0 Å². The Balaban J connectivity index is 2.89. The molecule has 27 heavy (non-hydrogen) atoms. The minimum absolute atomic E-state index is 0.300. The molecule has 2 aromatic carbocycles. The Bertz CT molecular complexity index is 854. The molecule has 0 amide bonds. The van der Waals surface area contributed by atoms with Crippen molar-refractivity contribution in [1.29, 1.82) is 0 Å². The molecule has 0 fully saturated rings. The topological polar surface area (TPSA) is 74.6 Å². The monoisotopic (exact) mass is 392 g/mol. The van der Waals surface area contributed by atoms with Crippen molar-refractivity contribution in [2.45, 2.75) is 17.8 Å². The van der Waals surface area contributed by atoms with Gasteiger partial charge in [0.2, 0.25) is 5.41 Å². The van der Waals surface area contributed by atoms with Gasteiger partial charge in [-0.15, -0.1) is 0 Å². The van der Waals surface area contributed by atoms with Gasteiger partial charge in [0.25, 0.3) is 0 Å². The fraction of sp³-hybridized carbons (Fsp3) is 0.176. The van der Waals surface area contributed by atoms with Gasteiger partial charge in [-0.3, -0.25) is 0 Å². The SMILES string of the molecule is O=C(O)c1ccc(C(c2cccc(C(=O)O)c2)(C(F)(F)F)C(F)(F)F)cc1. The van der Waals surface area contributed by atoms with Gasteiger partial charge in [0.05, 0.1) is 11.1 Å². The predicted octanol–water partition coefficient (Wildman–Crippen LogP) is 4.49. The van der Waals surface area contributed by atoms with Crippen LogP contribution in [-0.4, -0.2) is 34.5 Å². The normalized spacial score (nSPS) is 12.7. The molecule has 0 aromatic heterocycles. The number of alkyl halides is 6. The average molecular weight is 392 g/mol. The van der Waals surface area contributed by atoms with E-state index in [1.807, 2.05) is 0 Å². The molecule has 0 atom stereocenters. The van der Waals surface area contributed by atoms with Gasteiger partial charge in [0.15, 0.2) is 0 Å².